The normalized spacial score (nSPS) is 11.8. The van der Waals surface area contributed by atoms with Gasteiger partial charge in [-0.05, 0) is 54.8 Å². The number of pyridine rings is 1. The molecule has 0 saturated heterocycles. The molecule has 1 aliphatic rings. The predicted octanol–water partition coefficient (Wildman–Crippen LogP) is 5.14. The van der Waals surface area contributed by atoms with Gasteiger partial charge in [0.25, 0.3) is 5.91 Å². The van der Waals surface area contributed by atoms with Gasteiger partial charge in [-0.15, -0.1) is 0 Å². The van der Waals surface area contributed by atoms with Gasteiger partial charge >= 0.3 is 0 Å². The minimum Gasteiger partial charge on any atom is -0.454 e. The first-order valence-corrected chi connectivity index (χ1v) is 11.8. The van der Waals surface area contributed by atoms with Crippen LogP contribution in [0.4, 0.5) is 11.4 Å². The number of fused-ring (bicyclic) bond motifs is 1. The van der Waals surface area contributed by atoms with Crippen molar-refractivity contribution in [3.05, 3.63) is 71.9 Å². The molecule has 4 rings (SSSR count). The van der Waals surface area contributed by atoms with Gasteiger partial charge in [-0.2, -0.15) is 0 Å². The molecule has 7 nitrogen and oxygen atoms in total. The van der Waals surface area contributed by atoms with Crippen molar-refractivity contribution in [2.75, 3.05) is 23.2 Å². The first-order chi connectivity index (χ1) is 16.1. The van der Waals surface area contributed by atoms with Gasteiger partial charge in [-0.3, -0.25) is 9.59 Å². The van der Waals surface area contributed by atoms with Crippen molar-refractivity contribution in [3.63, 3.8) is 0 Å². The van der Waals surface area contributed by atoms with Crippen LogP contribution in [0.3, 0.4) is 0 Å². The highest BCUT2D eigenvalue weighted by atomic mass is 32.2. The van der Waals surface area contributed by atoms with Crippen molar-refractivity contribution in [2.24, 2.45) is 0 Å². The number of unbranched alkanes of at least 4 members (excludes halogenated alkanes) is 1. The van der Waals surface area contributed by atoms with E-state index in [1.165, 1.54) is 17.3 Å². The summed E-state index contributed by atoms with van der Waals surface area (Å²) in [5.74, 6) is 0.893. The quantitative estimate of drug-likeness (QED) is 0.427. The number of nitrogens with zero attached hydrogens (tertiary/aromatic N) is 1. The van der Waals surface area contributed by atoms with Gasteiger partial charge in [0.15, 0.2) is 11.5 Å². The lowest BCUT2D eigenvalue weighted by atomic mass is 10.1. The molecule has 170 valence electrons. The molecule has 2 aromatic carbocycles. The first kappa shape index (κ1) is 22.7. The van der Waals surface area contributed by atoms with Crippen molar-refractivity contribution in [1.29, 1.82) is 0 Å². The monoisotopic (exact) mass is 463 g/mol. The molecule has 0 fully saturated rings. The molecule has 0 radical (unpaired) electrons. The second-order valence-electron chi connectivity index (χ2n) is 7.52. The number of nitrogens with one attached hydrogen (secondary N) is 2. The van der Waals surface area contributed by atoms with Crippen molar-refractivity contribution < 1.29 is 19.1 Å². The Labute approximate surface area is 196 Å². The van der Waals surface area contributed by atoms with Crippen LogP contribution in [0.25, 0.3) is 0 Å². The number of carbonyl (C=O) groups excluding carboxylic acids is 2. The fourth-order valence-corrected chi connectivity index (χ4v) is 4.11. The number of amides is 2. The van der Waals surface area contributed by atoms with E-state index < -0.39 is 0 Å². The van der Waals surface area contributed by atoms with E-state index in [1.54, 1.807) is 36.5 Å². The van der Waals surface area contributed by atoms with Crippen LogP contribution in [-0.2, 0) is 11.2 Å². The van der Waals surface area contributed by atoms with Crippen molar-refractivity contribution in [1.82, 2.24) is 4.98 Å². The summed E-state index contributed by atoms with van der Waals surface area (Å²) in [6, 6.07) is 16.5. The van der Waals surface area contributed by atoms with Crippen LogP contribution in [0.5, 0.6) is 11.5 Å². The molecule has 0 bridgehead atoms. The number of anilines is 2. The van der Waals surface area contributed by atoms with E-state index >= 15 is 0 Å². The van der Waals surface area contributed by atoms with Gasteiger partial charge in [-0.25, -0.2) is 4.98 Å². The Morgan fingerprint density at radius 1 is 1.00 bits per heavy atom. The molecule has 0 unspecified atom stereocenters. The van der Waals surface area contributed by atoms with Gasteiger partial charge < -0.3 is 20.1 Å². The number of carbonyl (C=O) groups is 2. The third-order valence-corrected chi connectivity index (χ3v) is 6.05. The molecular formula is C25H25N3O4S. The number of benzene rings is 2. The summed E-state index contributed by atoms with van der Waals surface area (Å²) >= 11 is 1.21. The van der Waals surface area contributed by atoms with Gasteiger partial charge in [-0.1, -0.05) is 37.2 Å². The zero-order valence-electron chi connectivity index (χ0n) is 18.3. The number of ether oxygens (including phenoxy) is 2. The second kappa shape index (κ2) is 10.9. The maximum absolute atomic E-state index is 12.8. The van der Waals surface area contributed by atoms with Crippen molar-refractivity contribution >= 4 is 35.0 Å². The van der Waals surface area contributed by atoms with Crippen LogP contribution in [0, 0.1) is 0 Å². The third kappa shape index (κ3) is 6.04. The summed E-state index contributed by atoms with van der Waals surface area (Å²) in [6.45, 7) is 2.34. The van der Waals surface area contributed by atoms with Gasteiger partial charge in [0.1, 0.15) is 5.03 Å². The molecule has 0 aliphatic carbocycles. The molecular weight excluding hydrogens is 438 g/mol. The number of hydrogen-bond acceptors (Lipinski definition) is 6. The minimum atomic E-state index is -0.261. The van der Waals surface area contributed by atoms with Gasteiger partial charge in [0.05, 0.1) is 11.3 Å². The average Bonchev–Trinajstić information content (AvgIpc) is 3.30. The Morgan fingerprint density at radius 3 is 2.61 bits per heavy atom. The average molecular weight is 464 g/mol. The topological polar surface area (TPSA) is 89.6 Å². The Hall–Kier alpha value is -3.52. The van der Waals surface area contributed by atoms with Crippen LogP contribution in [0.1, 0.15) is 35.7 Å². The first-order valence-electron chi connectivity index (χ1n) is 10.8. The van der Waals surface area contributed by atoms with E-state index in [1.807, 2.05) is 24.3 Å². The Kier molecular flexibility index (Phi) is 7.47. The second-order valence-corrected chi connectivity index (χ2v) is 8.48. The zero-order valence-corrected chi connectivity index (χ0v) is 19.1. The summed E-state index contributed by atoms with van der Waals surface area (Å²) < 4.78 is 10.6. The molecule has 2 N–H and O–H groups in total. The highest BCUT2D eigenvalue weighted by Gasteiger charge is 2.16. The van der Waals surface area contributed by atoms with E-state index in [0.717, 1.165) is 24.9 Å². The molecule has 0 atom stereocenters. The highest BCUT2D eigenvalue weighted by Crippen LogP contribution is 2.34. The lowest BCUT2D eigenvalue weighted by molar-refractivity contribution is -0.113. The largest absolute Gasteiger partial charge is 0.454 e. The molecule has 33 heavy (non-hydrogen) atoms. The van der Waals surface area contributed by atoms with Gasteiger partial charge in [0, 0.05) is 23.6 Å². The number of thioether (sulfide) groups is 1. The van der Waals surface area contributed by atoms with E-state index in [-0.39, 0.29) is 24.4 Å². The molecule has 3 aromatic rings. The minimum absolute atomic E-state index is 0.109. The molecule has 2 heterocycles. The summed E-state index contributed by atoms with van der Waals surface area (Å²) in [5.41, 5.74) is 3.02. The maximum atomic E-state index is 12.8. The summed E-state index contributed by atoms with van der Waals surface area (Å²) in [7, 11) is 0. The highest BCUT2D eigenvalue weighted by molar-refractivity contribution is 8.00. The van der Waals surface area contributed by atoms with Crippen molar-refractivity contribution in [2.45, 2.75) is 31.2 Å². The lowest BCUT2D eigenvalue weighted by Gasteiger charge is -2.10. The standard InChI is InChI=1S/C25H25N3O4S/c1-2-3-5-17-7-9-18(10-8-17)28-24(30)20-6-4-13-26-25(20)33-15-23(29)27-19-11-12-21-22(14-19)32-16-31-21/h4,6-14H,2-3,5,15-16H2,1H3,(H,27,29)(H,28,30). The van der Waals surface area contributed by atoms with Crippen LogP contribution in [-0.4, -0.2) is 29.3 Å². The Balaban J connectivity index is 1.34. The Bertz CT molecular complexity index is 1130. The summed E-state index contributed by atoms with van der Waals surface area (Å²) in [5, 5.41) is 6.24. The van der Waals surface area contributed by atoms with Crippen molar-refractivity contribution in [3.8, 4) is 11.5 Å². The van der Waals surface area contributed by atoms with E-state index in [4.69, 9.17) is 9.47 Å². The molecule has 0 saturated carbocycles. The zero-order chi connectivity index (χ0) is 23.0. The number of aromatic nitrogens is 1. The fraction of sp³-hybridized carbons (Fsp3) is 0.240. The fourth-order valence-electron chi connectivity index (χ4n) is 3.32. The Morgan fingerprint density at radius 2 is 1.79 bits per heavy atom. The maximum Gasteiger partial charge on any atom is 0.258 e. The lowest BCUT2D eigenvalue weighted by Crippen LogP contribution is -2.16. The van der Waals surface area contributed by atoms with Crippen LogP contribution in [0.15, 0.2) is 65.8 Å². The SMILES string of the molecule is CCCCc1ccc(NC(=O)c2cccnc2SCC(=O)Nc2ccc3c(c2)OCO3)cc1. The molecule has 1 aliphatic heterocycles. The molecule has 2 amide bonds. The number of hydrogen-bond donors (Lipinski definition) is 2. The van der Waals surface area contributed by atoms with Gasteiger partial charge in [0.2, 0.25) is 12.7 Å². The van der Waals surface area contributed by atoms with Crippen LogP contribution in [0.2, 0.25) is 0 Å². The summed E-state index contributed by atoms with van der Waals surface area (Å²) in [6.07, 6.45) is 4.93. The van der Waals surface area contributed by atoms with E-state index in [9.17, 15) is 9.59 Å². The van der Waals surface area contributed by atoms with E-state index in [0.29, 0.717) is 27.8 Å². The smallest absolute Gasteiger partial charge is 0.258 e. The van der Waals surface area contributed by atoms with Crippen LogP contribution < -0.4 is 20.1 Å². The number of aryl methyl sites for hydroxylation is 1. The number of rotatable bonds is 9. The third-order valence-electron chi connectivity index (χ3n) is 5.04. The molecule has 1 aromatic heterocycles. The summed E-state index contributed by atoms with van der Waals surface area (Å²) in [4.78, 5) is 29.6. The van der Waals surface area contributed by atoms with Crippen LogP contribution >= 0.6 is 11.8 Å². The predicted molar refractivity (Wildman–Crippen MR) is 129 cm³/mol. The van der Waals surface area contributed by atoms with E-state index in [2.05, 4.69) is 22.5 Å². The molecule has 8 heteroatoms. The molecule has 0 spiro atoms.